The lowest BCUT2D eigenvalue weighted by Crippen LogP contribution is -2.38. The maximum atomic E-state index is 6.04. The van der Waals surface area contributed by atoms with Crippen LogP contribution in [-0.4, -0.2) is 29.9 Å². The van der Waals surface area contributed by atoms with Crippen LogP contribution >= 0.6 is 34.5 Å². The van der Waals surface area contributed by atoms with E-state index >= 15 is 0 Å². The Bertz CT molecular complexity index is 613. The third-order valence-electron chi connectivity index (χ3n) is 2.86. The second kappa shape index (κ2) is 7.64. The summed E-state index contributed by atoms with van der Waals surface area (Å²) in [6.07, 6.45) is 1.80. The van der Waals surface area contributed by atoms with Gasteiger partial charge < -0.3 is 10.2 Å². The summed E-state index contributed by atoms with van der Waals surface area (Å²) in [4.78, 5) is 10.5. The van der Waals surface area contributed by atoms with E-state index < -0.39 is 0 Å². The average molecular weight is 343 g/mol. The van der Waals surface area contributed by atoms with Crippen LogP contribution in [0.5, 0.6) is 0 Å². The van der Waals surface area contributed by atoms with Crippen LogP contribution in [0.1, 0.15) is 10.6 Å². The van der Waals surface area contributed by atoms with Crippen molar-refractivity contribution in [2.75, 3.05) is 14.1 Å². The van der Waals surface area contributed by atoms with Crippen LogP contribution in [0.15, 0.2) is 34.8 Å². The van der Waals surface area contributed by atoms with E-state index in [4.69, 9.17) is 23.2 Å². The van der Waals surface area contributed by atoms with Gasteiger partial charge in [-0.05, 0) is 17.7 Å². The summed E-state index contributed by atoms with van der Waals surface area (Å²) in [5.74, 6) is 0.802. The van der Waals surface area contributed by atoms with E-state index in [2.05, 4.69) is 15.3 Å². The molecule has 4 nitrogen and oxygen atoms in total. The summed E-state index contributed by atoms with van der Waals surface area (Å²) in [6.45, 7) is 1.35. The zero-order valence-electron chi connectivity index (χ0n) is 11.8. The number of rotatable bonds is 4. The van der Waals surface area contributed by atoms with Crippen LogP contribution in [-0.2, 0) is 13.1 Å². The highest BCUT2D eigenvalue weighted by Gasteiger charge is 2.08. The smallest absolute Gasteiger partial charge is 0.194 e. The Morgan fingerprint density at radius 1 is 1.38 bits per heavy atom. The molecule has 2 rings (SSSR count). The van der Waals surface area contributed by atoms with E-state index in [9.17, 15) is 0 Å². The van der Waals surface area contributed by atoms with Crippen molar-refractivity contribution in [3.63, 3.8) is 0 Å². The van der Waals surface area contributed by atoms with Gasteiger partial charge in [-0.15, -0.1) is 11.3 Å². The van der Waals surface area contributed by atoms with Crippen molar-refractivity contribution in [1.82, 2.24) is 15.2 Å². The first-order valence-corrected chi connectivity index (χ1v) is 7.98. The average Bonchev–Trinajstić information content (AvgIpc) is 2.97. The molecule has 0 aliphatic heterocycles. The first kappa shape index (κ1) is 16.1. The third kappa shape index (κ3) is 4.59. The van der Waals surface area contributed by atoms with Gasteiger partial charge in [0, 0.05) is 32.2 Å². The Hall–Kier alpha value is -1.30. The molecular formula is C14H16Cl2N4S. The molecule has 0 aliphatic rings. The van der Waals surface area contributed by atoms with Crippen molar-refractivity contribution in [3.8, 4) is 0 Å². The summed E-state index contributed by atoms with van der Waals surface area (Å²) < 4.78 is 0. The molecule has 21 heavy (non-hydrogen) atoms. The highest BCUT2D eigenvalue weighted by Crippen LogP contribution is 2.23. The minimum Gasteiger partial charge on any atom is -0.350 e. The molecule has 1 N–H and O–H groups in total. The van der Waals surface area contributed by atoms with Crippen LogP contribution in [0.2, 0.25) is 10.0 Å². The summed E-state index contributed by atoms with van der Waals surface area (Å²) in [5, 5.41) is 7.39. The van der Waals surface area contributed by atoms with Gasteiger partial charge in [-0.25, -0.2) is 4.98 Å². The van der Waals surface area contributed by atoms with Gasteiger partial charge in [-0.1, -0.05) is 29.3 Å². The van der Waals surface area contributed by atoms with Crippen molar-refractivity contribution in [1.29, 1.82) is 0 Å². The fourth-order valence-electron chi connectivity index (χ4n) is 1.87. The van der Waals surface area contributed by atoms with Crippen molar-refractivity contribution in [3.05, 3.63) is 50.4 Å². The number of aromatic nitrogens is 1. The number of guanidine groups is 1. The second-order valence-corrected chi connectivity index (χ2v) is 6.22. The number of hydrogen-bond donors (Lipinski definition) is 1. The van der Waals surface area contributed by atoms with Gasteiger partial charge in [0.1, 0.15) is 5.01 Å². The predicted octanol–water partition coefficient (Wildman–Crippen LogP) is 3.66. The quantitative estimate of drug-likeness (QED) is 0.680. The molecule has 0 fully saturated rings. The van der Waals surface area contributed by atoms with E-state index in [1.807, 2.05) is 29.5 Å². The maximum Gasteiger partial charge on any atom is 0.194 e. The zero-order chi connectivity index (χ0) is 15.2. The normalized spacial score (nSPS) is 11.5. The van der Waals surface area contributed by atoms with E-state index in [-0.39, 0.29) is 0 Å². The molecule has 0 amide bonds. The first-order chi connectivity index (χ1) is 10.1. The number of aliphatic imine (C=N–C) groups is 1. The fraction of sp³-hybridized carbons (Fsp3) is 0.286. The lowest BCUT2D eigenvalue weighted by Gasteiger charge is -2.22. The second-order valence-electron chi connectivity index (χ2n) is 4.43. The van der Waals surface area contributed by atoms with E-state index in [1.54, 1.807) is 30.6 Å². The number of hydrogen-bond acceptors (Lipinski definition) is 3. The van der Waals surface area contributed by atoms with Gasteiger partial charge in [0.15, 0.2) is 5.96 Å². The molecule has 0 radical (unpaired) electrons. The Morgan fingerprint density at radius 2 is 2.19 bits per heavy atom. The number of benzene rings is 1. The van der Waals surface area contributed by atoms with Gasteiger partial charge in [0.2, 0.25) is 0 Å². The minimum absolute atomic E-state index is 0.563. The van der Waals surface area contributed by atoms with Crippen molar-refractivity contribution < 1.29 is 0 Å². The molecule has 1 aromatic heterocycles. The highest BCUT2D eigenvalue weighted by molar-refractivity contribution is 7.09. The van der Waals surface area contributed by atoms with E-state index in [0.29, 0.717) is 23.1 Å². The molecule has 0 unspecified atom stereocenters. The van der Waals surface area contributed by atoms with Crippen molar-refractivity contribution in [2.24, 2.45) is 4.99 Å². The van der Waals surface area contributed by atoms with Crippen LogP contribution in [0, 0.1) is 0 Å². The Balaban J connectivity index is 1.96. The number of nitrogens with one attached hydrogen (secondary N) is 1. The Kier molecular flexibility index (Phi) is 5.85. The summed E-state index contributed by atoms with van der Waals surface area (Å²) in [5.41, 5.74) is 1.07. The molecule has 0 spiro atoms. The SMILES string of the molecule is CN=C(NCc1nccs1)N(C)Cc1ccc(Cl)c(Cl)c1. The maximum absolute atomic E-state index is 6.04. The summed E-state index contributed by atoms with van der Waals surface area (Å²) in [6, 6.07) is 5.63. The van der Waals surface area contributed by atoms with Gasteiger partial charge in [0.05, 0.1) is 16.6 Å². The van der Waals surface area contributed by atoms with Gasteiger partial charge in [0.25, 0.3) is 0 Å². The third-order valence-corrected chi connectivity index (χ3v) is 4.38. The first-order valence-electron chi connectivity index (χ1n) is 6.34. The topological polar surface area (TPSA) is 40.5 Å². The standard InChI is InChI=1S/C14H16Cl2N4S/c1-17-14(19-8-13-18-5-6-21-13)20(2)9-10-3-4-11(15)12(16)7-10/h3-7H,8-9H2,1-2H3,(H,17,19). The molecule has 2 aromatic rings. The Morgan fingerprint density at radius 3 is 2.81 bits per heavy atom. The molecule has 0 aliphatic carbocycles. The van der Waals surface area contributed by atoms with Gasteiger partial charge >= 0.3 is 0 Å². The predicted molar refractivity (Wildman–Crippen MR) is 90.2 cm³/mol. The van der Waals surface area contributed by atoms with Crippen LogP contribution in [0.25, 0.3) is 0 Å². The summed E-state index contributed by atoms with van der Waals surface area (Å²) in [7, 11) is 3.73. The molecule has 7 heteroatoms. The largest absolute Gasteiger partial charge is 0.350 e. The molecular weight excluding hydrogens is 327 g/mol. The monoisotopic (exact) mass is 342 g/mol. The number of nitrogens with zero attached hydrogens (tertiary/aromatic N) is 3. The number of thiazole rings is 1. The highest BCUT2D eigenvalue weighted by atomic mass is 35.5. The summed E-state index contributed by atoms with van der Waals surface area (Å²) >= 11 is 13.6. The minimum atomic E-state index is 0.563. The van der Waals surface area contributed by atoms with Crippen LogP contribution < -0.4 is 5.32 Å². The van der Waals surface area contributed by atoms with Gasteiger partial charge in [-0.2, -0.15) is 0 Å². The van der Waals surface area contributed by atoms with E-state index in [1.165, 1.54) is 0 Å². The zero-order valence-corrected chi connectivity index (χ0v) is 14.1. The lowest BCUT2D eigenvalue weighted by molar-refractivity contribution is 0.476. The molecule has 0 saturated carbocycles. The van der Waals surface area contributed by atoms with Gasteiger partial charge in [-0.3, -0.25) is 4.99 Å². The molecule has 0 bridgehead atoms. The lowest BCUT2D eigenvalue weighted by atomic mass is 10.2. The van der Waals surface area contributed by atoms with Crippen LogP contribution in [0.4, 0.5) is 0 Å². The van der Waals surface area contributed by atoms with E-state index in [0.717, 1.165) is 16.5 Å². The molecule has 112 valence electrons. The fourth-order valence-corrected chi connectivity index (χ4v) is 2.74. The Labute approximate surface area is 138 Å². The molecule has 0 atom stereocenters. The van der Waals surface area contributed by atoms with Crippen molar-refractivity contribution in [2.45, 2.75) is 13.1 Å². The molecule has 0 saturated heterocycles. The number of halogens is 2. The van der Waals surface area contributed by atoms with Crippen LogP contribution in [0.3, 0.4) is 0 Å². The molecule has 1 aromatic carbocycles. The van der Waals surface area contributed by atoms with Crippen molar-refractivity contribution >= 4 is 40.5 Å². The molecule has 1 heterocycles.